The number of cyclic esters (lactones) is 1. The maximum Gasteiger partial charge on any atom is 0.323 e. The first-order chi connectivity index (χ1) is 10.1. The summed E-state index contributed by atoms with van der Waals surface area (Å²) in [6, 6.07) is 8.34. The van der Waals surface area contributed by atoms with E-state index in [1.54, 1.807) is 0 Å². The predicted octanol–water partition coefficient (Wildman–Crippen LogP) is 2.51. The highest BCUT2D eigenvalue weighted by molar-refractivity contribution is 9.10. The number of nitrogens with zero attached hydrogens (tertiary/aromatic N) is 1. The van der Waals surface area contributed by atoms with Gasteiger partial charge in [0.1, 0.15) is 12.1 Å². The molecule has 2 aliphatic rings. The highest BCUT2D eigenvalue weighted by atomic mass is 79.9. The van der Waals surface area contributed by atoms with Crippen molar-refractivity contribution < 1.29 is 14.6 Å². The summed E-state index contributed by atoms with van der Waals surface area (Å²) in [5.41, 5.74) is 1.22. The first-order valence-corrected chi connectivity index (χ1v) is 8.22. The number of carbonyl (C=O) groups excluding carboxylic acids is 1. The molecule has 2 heterocycles. The van der Waals surface area contributed by atoms with Crippen molar-refractivity contribution in [3.8, 4) is 0 Å². The molecule has 5 heteroatoms. The Kier molecular flexibility index (Phi) is 4.33. The number of rotatable bonds is 2. The second-order valence-electron chi connectivity index (χ2n) is 6.01. The van der Waals surface area contributed by atoms with E-state index in [0.717, 1.165) is 17.3 Å². The fourth-order valence-corrected chi connectivity index (χ4v) is 3.81. The Labute approximate surface area is 133 Å². The van der Waals surface area contributed by atoms with Crippen molar-refractivity contribution in [3.05, 3.63) is 34.3 Å². The number of fused-ring (bicyclic) bond motifs is 1. The molecule has 0 aliphatic carbocycles. The fraction of sp³-hybridized carbons (Fsp3) is 0.562. The van der Waals surface area contributed by atoms with Gasteiger partial charge in [0.05, 0.1) is 6.61 Å². The van der Waals surface area contributed by atoms with Crippen LogP contribution in [0.4, 0.5) is 0 Å². The van der Waals surface area contributed by atoms with Gasteiger partial charge in [0.2, 0.25) is 0 Å². The highest BCUT2D eigenvalue weighted by Crippen LogP contribution is 2.41. The Hall–Kier alpha value is -0.910. The predicted molar refractivity (Wildman–Crippen MR) is 82.7 cm³/mol. The third-order valence-corrected chi connectivity index (χ3v) is 5.11. The number of carbonyl (C=O) groups is 1. The van der Waals surface area contributed by atoms with E-state index in [1.165, 1.54) is 5.56 Å². The molecule has 0 amide bonds. The maximum atomic E-state index is 12.2. The first-order valence-electron chi connectivity index (χ1n) is 7.42. The third kappa shape index (κ3) is 2.87. The summed E-state index contributed by atoms with van der Waals surface area (Å²) in [5.74, 6) is 0.294. The number of aliphatic hydroxyl groups excluding tert-OH is 1. The van der Waals surface area contributed by atoms with Gasteiger partial charge in [0, 0.05) is 17.1 Å². The van der Waals surface area contributed by atoms with Gasteiger partial charge >= 0.3 is 5.97 Å². The number of halogens is 1. The Balaban J connectivity index is 1.92. The van der Waals surface area contributed by atoms with Gasteiger partial charge in [-0.1, -0.05) is 35.0 Å². The van der Waals surface area contributed by atoms with Gasteiger partial charge in [-0.15, -0.1) is 0 Å². The molecule has 114 valence electrons. The highest BCUT2D eigenvalue weighted by Gasteiger charge is 2.44. The van der Waals surface area contributed by atoms with Gasteiger partial charge in [-0.3, -0.25) is 9.69 Å². The van der Waals surface area contributed by atoms with Crippen LogP contribution in [0.15, 0.2) is 28.7 Å². The summed E-state index contributed by atoms with van der Waals surface area (Å²) in [5, 5.41) is 9.35. The molecule has 0 bridgehead atoms. The molecule has 0 unspecified atom stereocenters. The van der Waals surface area contributed by atoms with E-state index in [0.29, 0.717) is 12.5 Å². The number of esters is 1. The van der Waals surface area contributed by atoms with Gasteiger partial charge in [-0.05, 0) is 36.5 Å². The van der Waals surface area contributed by atoms with Crippen LogP contribution in [0.2, 0.25) is 0 Å². The van der Waals surface area contributed by atoms with Gasteiger partial charge < -0.3 is 9.84 Å². The van der Waals surface area contributed by atoms with Crippen molar-refractivity contribution in [2.24, 2.45) is 5.92 Å². The lowest BCUT2D eigenvalue weighted by atomic mass is 9.82. The fourth-order valence-electron chi connectivity index (χ4n) is 3.55. The quantitative estimate of drug-likeness (QED) is 0.830. The Morgan fingerprint density at radius 3 is 2.71 bits per heavy atom. The smallest absolute Gasteiger partial charge is 0.323 e. The first kappa shape index (κ1) is 15.0. The Bertz CT molecular complexity index is 519. The van der Waals surface area contributed by atoms with Crippen LogP contribution in [0.3, 0.4) is 0 Å². The molecule has 3 rings (SSSR count). The molecule has 21 heavy (non-hydrogen) atoms. The van der Waals surface area contributed by atoms with E-state index in [1.807, 2.05) is 12.1 Å². The molecule has 0 spiro atoms. The number of aliphatic hydroxyl groups is 1. The molecule has 1 aromatic carbocycles. The Morgan fingerprint density at radius 2 is 2.05 bits per heavy atom. The van der Waals surface area contributed by atoms with Gasteiger partial charge in [0.25, 0.3) is 0 Å². The van der Waals surface area contributed by atoms with Gasteiger partial charge in [0.15, 0.2) is 0 Å². The summed E-state index contributed by atoms with van der Waals surface area (Å²) in [4.78, 5) is 14.4. The minimum atomic E-state index is -0.406. The van der Waals surface area contributed by atoms with Crippen LogP contribution < -0.4 is 0 Å². The van der Waals surface area contributed by atoms with Crippen molar-refractivity contribution >= 4 is 21.9 Å². The molecular formula is C16H20BrNO3. The third-order valence-electron chi connectivity index (χ3n) is 4.58. The lowest BCUT2D eigenvalue weighted by molar-refractivity contribution is -0.177. The largest absolute Gasteiger partial charge is 0.457 e. The second-order valence-corrected chi connectivity index (χ2v) is 6.92. The summed E-state index contributed by atoms with van der Waals surface area (Å²) in [6.45, 7) is 2.73. The molecule has 0 saturated carbocycles. The van der Waals surface area contributed by atoms with Crippen LogP contribution in [-0.4, -0.2) is 41.3 Å². The number of piperidine rings is 1. The molecule has 2 aliphatic heterocycles. The lowest BCUT2D eigenvalue weighted by Crippen LogP contribution is -2.57. The molecule has 4 atom stereocenters. The molecule has 2 fully saturated rings. The molecule has 1 aromatic rings. The minimum Gasteiger partial charge on any atom is -0.457 e. The van der Waals surface area contributed by atoms with Crippen LogP contribution >= 0.6 is 15.9 Å². The van der Waals surface area contributed by atoms with Crippen molar-refractivity contribution in [2.45, 2.75) is 38.0 Å². The molecule has 0 radical (unpaired) electrons. The van der Waals surface area contributed by atoms with Gasteiger partial charge in [-0.2, -0.15) is 0 Å². The monoisotopic (exact) mass is 353 g/mol. The van der Waals surface area contributed by atoms with Gasteiger partial charge in [-0.25, -0.2) is 0 Å². The Morgan fingerprint density at radius 1 is 1.33 bits per heavy atom. The van der Waals surface area contributed by atoms with E-state index in [9.17, 15) is 9.90 Å². The summed E-state index contributed by atoms with van der Waals surface area (Å²) in [7, 11) is 0. The van der Waals surface area contributed by atoms with E-state index < -0.39 is 6.10 Å². The standard InChI is InChI=1S/C16H20BrNO3/c1-10-2-7-14-16(20)21-13(9-19)8-18(14)15(10)11-3-5-12(17)6-4-11/h3-6,10,13-15,19H,2,7-9H2,1H3/t10-,13-,14-,15-/m0/s1. The van der Waals surface area contributed by atoms with Crippen LogP contribution in [-0.2, 0) is 9.53 Å². The summed E-state index contributed by atoms with van der Waals surface area (Å²) in [6.07, 6.45) is 1.45. The minimum absolute atomic E-state index is 0.115. The van der Waals surface area contributed by atoms with E-state index >= 15 is 0 Å². The SMILES string of the molecule is C[C@H]1CC[C@H]2C(=O)O[C@H](CO)CN2[C@@H]1c1ccc(Br)cc1. The van der Waals surface area contributed by atoms with Crippen molar-refractivity contribution in [1.82, 2.24) is 4.90 Å². The average Bonchev–Trinajstić information content (AvgIpc) is 2.48. The molecule has 4 nitrogen and oxygen atoms in total. The number of benzene rings is 1. The van der Waals surface area contributed by atoms with Crippen LogP contribution in [0.25, 0.3) is 0 Å². The van der Waals surface area contributed by atoms with E-state index in [4.69, 9.17) is 4.74 Å². The zero-order valence-electron chi connectivity index (χ0n) is 12.0. The number of hydrogen-bond donors (Lipinski definition) is 1. The summed E-state index contributed by atoms with van der Waals surface area (Å²) >= 11 is 3.46. The molecule has 2 saturated heterocycles. The lowest BCUT2D eigenvalue weighted by Gasteiger charge is -2.48. The topological polar surface area (TPSA) is 49.8 Å². The molecule has 1 N–H and O–H groups in total. The number of morpholine rings is 1. The van der Waals surface area contributed by atoms with Crippen molar-refractivity contribution in [2.75, 3.05) is 13.2 Å². The number of ether oxygens (including phenoxy) is 1. The van der Waals surface area contributed by atoms with Crippen molar-refractivity contribution in [3.63, 3.8) is 0 Å². The zero-order valence-corrected chi connectivity index (χ0v) is 13.6. The van der Waals surface area contributed by atoms with Crippen LogP contribution in [0.1, 0.15) is 31.4 Å². The normalized spacial score (nSPS) is 33.4. The van der Waals surface area contributed by atoms with Crippen LogP contribution in [0, 0.1) is 5.92 Å². The van der Waals surface area contributed by atoms with E-state index in [-0.39, 0.29) is 24.7 Å². The maximum absolute atomic E-state index is 12.2. The molecule has 0 aromatic heterocycles. The number of hydrogen-bond acceptors (Lipinski definition) is 4. The molecular weight excluding hydrogens is 334 g/mol. The summed E-state index contributed by atoms with van der Waals surface area (Å²) < 4.78 is 6.36. The average molecular weight is 354 g/mol. The van der Waals surface area contributed by atoms with Crippen LogP contribution in [0.5, 0.6) is 0 Å². The van der Waals surface area contributed by atoms with E-state index in [2.05, 4.69) is 39.9 Å². The second kappa shape index (κ2) is 6.07. The van der Waals surface area contributed by atoms with Crippen molar-refractivity contribution in [1.29, 1.82) is 0 Å². The zero-order chi connectivity index (χ0) is 15.0.